The standard InChI is InChI=1S/C18H18Cl2N2O2/c1-24-15-5-2-13(3-6-15)18(23)22-10-8-21(9-11-22)17-7-4-14(19)12-16(17)20/h2-7,12H,8-11H2,1H3. The molecule has 1 heterocycles. The largest absolute Gasteiger partial charge is 0.497 e. The number of piperazine rings is 1. The fourth-order valence-electron chi connectivity index (χ4n) is 2.80. The number of halogens is 2. The smallest absolute Gasteiger partial charge is 0.253 e. The molecule has 4 nitrogen and oxygen atoms in total. The van der Waals surface area contributed by atoms with Gasteiger partial charge >= 0.3 is 0 Å². The average molecular weight is 365 g/mol. The SMILES string of the molecule is COc1ccc(C(=O)N2CCN(c3ccc(Cl)cc3Cl)CC2)cc1. The maximum Gasteiger partial charge on any atom is 0.253 e. The number of nitrogens with zero attached hydrogens (tertiary/aromatic N) is 2. The molecule has 0 unspecified atom stereocenters. The number of benzene rings is 2. The third-order valence-electron chi connectivity index (χ3n) is 4.15. The number of carbonyl (C=O) groups excluding carboxylic acids is 1. The summed E-state index contributed by atoms with van der Waals surface area (Å²) in [6.45, 7) is 2.79. The van der Waals surface area contributed by atoms with Crippen LogP contribution < -0.4 is 9.64 Å². The van der Waals surface area contributed by atoms with Crippen molar-refractivity contribution in [2.24, 2.45) is 0 Å². The van der Waals surface area contributed by atoms with Crippen LogP contribution in [0, 0.1) is 0 Å². The summed E-state index contributed by atoms with van der Waals surface area (Å²) >= 11 is 12.2. The average Bonchev–Trinajstić information content (AvgIpc) is 2.61. The molecule has 0 spiro atoms. The molecule has 0 aromatic heterocycles. The van der Waals surface area contributed by atoms with E-state index in [9.17, 15) is 4.79 Å². The molecule has 0 N–H and O–H groups in total. The molecule has 1 fully saturated rings. The molecule has 1 aliphatic rings. The van der Waals surface area contributed by atoms with Gasteiger partial charge in [-0.1, -0.05) is 23.2 Å². The maximum absolute atomic E-state index is 12.6. The first-order chi connectivity index (χ1) is 11.6. The second-order valence-corrected chi connectivity index (χ2v) is 6.45. The second-order valence-electron chi connectivity index (χ2n) is 5.60. The molecular weight excluding hydrogens is 347 g/mol. The zero-order chi connectivity index (χ0) is 17.1. The third-order valence-corrected chi connectivity index (χ3v) is 4.69. The van der Waals surface area contributed by atoms with Crippen molar-refractivity contribution >= 4 is 34.8 Å². The van der Waals surface area contributed by atoms with Crippen LogP contribution in [0.3, 0.4) is 0 Å². The van der Waals surface area contributed by atoms with Gasteiger partial charge in [0.1, 0.15) is 5.75 Å². The van der Waals surface area contributed by atoms with Crippen LogP contribution in [0.4, 0.5) is 5.69 Å². The molecule has 6 heteroatoms. The van der Waals surface area contributed by atoms with Gasteiger partial charge in [0.05, 0.1) is 17.8 Å². The summed E-state index contributed by atoms with van der Waals surface area (Å²) in [6.07, 6.45) is 0. The van der Waals surface area contributed by atoms with Crippen molar-refractivity contribution in [3.63, 3.8) is 0 Å². The summed E-state index contributed by atoms with van der Waals surface area (Å²) in [5.74, 6) is 0.785. The summed E-state index contributed by atoms with van der Waals surface area (Å²) in [4.78, 5) is 16.6. The van der Waals surface area contributed by atoms with Crippen LogP contribution in [0.15, 0.2) is 42.5 Å². The summed E-state index contributed by atoms with van der Waals surface area (Å²) in [5.41, 5.74) is 1.63. The lowest BCUT2D eigenvalue weighted by Crippen LogP contribution is -2.48. The molecule has 0 saturated carbocycles. The molecule has 1 aliphatic heterocycles. The lowest BCUT2D eigenvalue weighted by atomic mass is 10.1. The topological polar surface area (TPSA) is 32.8 Å². The van der Waals surface area contributed by atoms with Crippen LogP contribution in [-0.4, -0.2) is 44.1 Å². The Kier molecular flexibility index (Phi) is 5.17. The zero-order valence-corrected chi connectivity index (χ0v) is 14.8. The van der Waals surface area contributed by atoms with Crippen molar-refractivity contribution < 1.29 is 9.53 Å². The molecule has 0 aliphatic carbocycles. The number of methoxy groups -OCH3 is 1. The molecule has 0 radical (unpaired) electrons. The molecule has 126 valence electrons. The Morgan fingerprint density at radius 3 is 2.25 bits per heavy atom. The van der Waals surface area contributed by atoms with Crippen molar-refractivity contribution in [3.05, 3.63) is 58.1 Å². The first-order valence-corrected chi connectivity index (χ1v) is 8.47. The molecule has 2 aromatic carbocycles. The normalized spacial score (nSPS) is 14.6. The van der Waals surface area contributed by atoms with Gasteiger partial charge in [0.2, 0.25) is 0 Å². The van der Waals surface area contributed by atoms with Crippen LogP contribution in [0.2, 0.25) is 10.0 Å². The van der Waals surface area contributed by atoms with E-state index in [4.69, 9.17) is 27.9 Å². The van der Waals surface area contributed by atoms with Gasteiger partial charge in [-0.15, -0.1) is 0 Å². The lowest BCUT2D eigenvalue weighted by Gasteiger charge is -2.36. The summed E-state index contributed by atoms with van der Waals surface area (Å²) in [5, 5.41) is 1.26. The predicted molar refractivity (Wildman–Crippen MR) is 97.6 cm³/mol. The van der Waals surface area contributed by atoms with Crippen LogP contribution >= 0.6 is 23.2 Å². The van der Waals surface area contributed by atoms with E-state index in [-0.39, 0.29) is 5.91 Å². The van der Waals surface area contributed by atoms with E-state index in [0.717, 1.165) is 24.5 Å². The van der Waals surface area contributed by atoms with Crippen LogP contribution in [0.1, 0.15) is 10.4 Å². The van der Waals surface area contributed by atoms with Crippen molar-refractivity contribution in [1.29, 1.82) is 0 Å². The van der Waals surface area contributed by atoms with Crippen LogP contribution in [0.5, 0.6) is 5.75 Å². The molecule has 3 rings (SSSR count). The van der Waals surface area contributed by atoms with Crippen molar-refractivity contribution in [2.75, 3.05) is 38.2 Å². The molecule has 1 saturated heterocycles. The monoisotopic (exact) mass is 364 g/mol. The van der Waals surface area contributed by atoms with Crippen LogP contribution in [-0.2, 0) is 0 Å². The Balaban J connectivity index is 1.64. The number of rotatable bonds is 3. The quantitative estimate of drug-likeness (QED) is 0.825. The first kappa shape index (κ1) is 16.9. The van der Waals surface area contributed by atoms with E-state index in [1.807, 2.05) is 17.0 Å². The van der Waals surface area contributed by atoms with E-state index in [2.05, 4.69) is 4.90 Å². The molecule has 0 bridgehead atoms. The number of anilines is 1. The summed E-state index contributed by atoms with van der Waals surface area (Å²) < 4.78 is 5.12. The Hall–Kier alpha value is -1.91. The Bertz CT molecular complexity index is 726. The minimum atomic E-state index is 0.0412. The van der Waals surface area contributed by atoms with Crippen LogP contribution in [0.25, 0.3) is 0 Å². The molecule has 2 aromatic rings. The number of ether oxygens (including phenoxy) is 1. The van der Waals surface area contributed by atoms with E-state index in [1.54, 1.807) is 37.4 Å². The summed E-state index contributed by atoms with van der Waals surface area (Å²) in [6, 6.07) is 12.7. The van der Waals surface area contributed by atoms with Gasteiger partial charge in [-0.25, -0.2) is 0 Å². The van der Waals surface area contributed by atoms with Gasteiger partial charge in [0.15, 0.2) is 0 Å². The first-order valence-electron chi connectivity index (χ1n) is 7.72. The van der Waals surface area contributed by atoms with E-state index in [0.29, 0.717) is 28.7 Å². The molecule has 0 atom stereocenters. The Labute approximate surface area is 151 Å². The highest BCUT2D eigenvalue weighted by atomic mass is 35.5. The number of hydrogen-bond acceptors (Lipinski definition) is 3. The predicted octanol–water partition coefficient (Wildman–Crippen LogP) is 3.96. The molecular formula is C18H18Cl2N2O2. The number of hydrogen-bond donors (Lipinski definition) is 0. The van der Waals surface area contributed by atoms with E-state index in [1.165, 1.54) is 0 Å². The van der Waals surface area contributed by atoms with Crippen molar-refractivity contribution in [3.8, 4) is 5.75 Å². The fraction of sp³-hybridized carbons (Fsp3) is 0.278. The van der Waals surface area contributed by atoms with E-state index < -0.39 is 0 Å². The van der Waals surface area contributed by atoms with Gasteiger partial charge < -0.3 is 14.5 Å². The molecule has 1 amide bonds. The minimum Gasteiger partial charge on any atom is -0.497 e. The highest BCUT2D eigenvalue weighted by Gasteiger charge is 2.23. The highest BCUT2D eigenvalue weighted by molar-refractivity contribution is 6.36. The van der Waals surface area contributed by atoms with Gasteiger partial charge in [-0.3, -0.25) is 4.79 Å². The Morgan fingerprint density at radius 2 is 1.67 bits per heavy atom. The zero-order valence-electron chi connectivity index (χ0n) is 13.3. The highest BCUT2D eigenvalue weighted by Crippen LogP contribution is 2.29. The number of amides is 1. The van der Waals surface area contributed by atoms with E-state index >= 15 is 0 Å². The Morgan fingerprint density at radius 1 is 1.00 bits per heavy atom. The third kappa shape index (κ3) is 3.60. The molecule has 24 heavy (non-hydrogen) atoms. The van der Waals surface area contributed by atoms with Gasteiger partial charge in [0.25, 0.3) is 5.91 Å². The lowest BCUT2D eigenvalue weighted by molar-refractivity contribution is 0.0747. The minimum absolute atomic E-state index is 0.0412. The fourth-order valence-corrected chi connectivity index (χ4v) is 3.33. The maximum atomic E-state index is 12.6. The number of carbonyl (C=O) groups is 1. The second kappa shape index (κ2) is 7.32. The van der Waals surface area contributed by atoms with Crippen molar-refractivity contribution in [1.82, 2.24) is 4.90 Å². The van der Waals surface area contributed by atoms with Gasteiger partial charge in [-0.05, 0) is 42.5 Å². The van der Waals surface area contributed by atoms with Crippen molar-refractivity contribution in [2.45, 2.75) is 0 Å². The van der Waals surface area contributed by atoms with Gasteiger partial charge in [-0.2, -0.15) is 0 Å². The van der Waals surface area contributed by atoms with Gasteiger partial charge in [0, 0.05) is 36.8 Å². The summed E-state index contributed by atoms with van der Waals surface area (Å²) in [7, 11) is 1.61.